The Morgan fingerprint density at radius 2 is 2.00 bits per heavy atom. The molecule has 1 heterocycles. The molecule has 0 atom stereocenters. The number of rotatable bonds is 4. The van der Waals surface area contributed by atoms with Crippen LogP contribution in [0, 0.1) is 11.8 Å². The van der Waals surface area contributed by atoms with Crippen molar-refractivity contribution in [3.05, 3.63) is 29.8 Å². The van der Waals surface area contributed by atoms with Crippen molar-refractivity contribution in [2.45, 2.75) is 32.4 Å². The number of likely N-dealkylation sites (tertiary alicyclic amines) is 1. The molecule has 0 aliphatic carbocycles. The van der Waals surface area contributed by atoms with Crippen molar-refractivity contribution in [1.82, 2.24) is 10.2 Å². The molecule has 1 aliphatic rings. The molecule has 4 heteroatoms. The molecule has 0 unspecified atom stereocenters. The molecule has 0 aromatic heterocycles. The van der Waals surface area contributed by atoms with Gasteiger partial charge < -0.3 is 15.0 Å². The summed E-state index contributed by atoms with van der Waals surface area (Å²) in [5.41, 5.74) is 1.04. The molecule has 0 bridgehead atoms. The fraction of sp³-hybridized carbons (Fsp3) is 0.471. The van der Waals surface area contributed by atoms with Gasteiger partial charge in [0.1, 0.15) is 11.9 Å². The molecule has 4 nitrogen and oxygen atoms in total. The minimum Gasteiger partial charge on any atom is -0.490 e. The lowest BCUT2D eigenvalue weighted by Gasteiger charge is -2.29. The van der Waals surface area contributed by atoms with Crippen molar-refractivity contribution in [3.8, 4) is 17.6 Å². The van der Waals surface area contributed by atoms with Crippen LogP contribution in [0.2, 0.25) is 0 Å². The van der Waals surface area contributed by atoms with Gasteiger partial charge in [0.05, 0.1) is 0 Å². The van der Waals surface area contributed by atoms with Crippen LogP contribution < -0.4 is 10.1 Å². The van der Waals surface area contributed by atoms with Gasteiger partial charge in [-0.3, -0.25) is 4.79 Å². The first-order chi connectivity index (χ1) is 10.2. The lowest BCUT2D eigenvalue weighted by molar-refractivity contribution is -0.115. The molecule has 1 saturated heterocycles. The van der Waals surface area contributed by atoms with E-state index in [2.05, 4.69) is 29.1 Å². The van der Waals surface area contributed by atoms with Crippen LogP contribution in [0.3, 0.4) is 0 Å². The van der Waals surface area contributed by atoms with Crippen molar-refractivity contribution in [2.24, 2.45) is 0 Å². The van der Waals surface area contributed by atoms with Gasteiger partial charge in [-0.1, -0.05) is 18.1 Å². The first-order valence-electron chi connectivity index (χ1n) is 7.32. The molecule has 1 fully saturated rings. The van der Waals surface area contributed by atoms with Crippen LogP contribution >= 0.6 is 0 Å². The zero-order chi connectivity index (χ0) is 15.1. The number of ether oxygens (including phenoxy) is 1. The van der Waals surface area contributed by atoms with Gasteiger partial charge in [-0.15, -0.1) is 0 Å². The standard InChI is InChI=1S/C17H22N2O2/c1-3-4-17(20)18-13-14-5-7-15(8-6-14)21-16-9-11-19(2)12-10-16/h5-8,16H,9-13H2,1-2H3,(H,18,20). The highest BCUT2D eigenvalue weighted by Crippen LogP contribution is 2.19. The van der Waals surface area contributed by atoms with Crippen molar-refractivity contribution < 1.29 is 9.53 Å². The van der Waals surface area contributed by atoms with Gasteiger partial charge in [0.25, 0.3) is 5.91 Å². The highest BCUT2D eigenvalue weighted by atomic mass is 16.5. The molecule has 1 amide bonds. The van der Waals surface area contributed by atoms with Crippen LogP contribution in [-0.4, -0.2) is 37.0 Å². The second kappa shape index (κ2) is 7.70. The van der Waals surface area contributed by atoms with E-state index in [-0.39, 0.29) is 5.91 Å². The van der Waals surface area contributed by atoms with E-state index < -0.39 is 0 Å². The second-order valence-corrected chi connectivity index (χ2v) is 5.32. The highest BCUT2D eigenvalue weighted by molar-refractivity contribution is 5.93. The summed E-state index contributed by atoms with van der Waals surface area (Å²) < 4.78 is 5.99. The molecule has 21 heavy (non-hydrogen) atoms. The van der Waals surface area contributed by atoms with Gasteiger partial charge in [-0.05, 0) is 50.4 Å². The van der Waals surface area contributed by atoms with E-state index in [0.717, 1.165) is 37.2 Å². The smallest absolute Gasteiger partial charge is 0.296 e. The van der Waals surface area contributed by atoms with Gasteiger partial charge >= 0.3 is 0 Å². The first kappa shape index (κ1) is 15.4. The normalized spacial score (nSPS) is 15.9. The van der Waals surface area contributed by atoms with E-state index in [9.17, 15) is 4.79 Å². The Kier molecular flexibility index (Phi) is 5.65. The average Bonchev–Trinajstić information content (AvgIpc) is 2.49. The maximum Gasteiger partial charge on any atom is 0.296 e. The Balaban J connectivity index is 1.81. The fourth-order valence-electron chi connectivity index (χ4n) is 2.32. The summed E-state index contributed by atoms with van der Waals surface area (Å²) in [6.45, 7) is 4.32. The van der Waals surface area contributed by atoms with Crippen molar-refractivity contribution >= 4 is 5.91 Å². The largest absolute Gasteiger partial charge is 0.490 e. The lowest BCUT2D eigenvalue weighted by atomic mass is 10.1. The average molecular weight is 286 g/mol. The molecule has 1 aromatic rings. The van der Waals surface area contributed by atoms with E-state index in [1.807, 2.05) is 24.3 Å². The predicted molar refractivity (Wildman–Crippen MR) is 82.9 cm³/mol. The topological polar surface area (TPSA) is 41.6 Å². The van der Waals surface area contributed by atoms with Crippen molar-refractivity contribution in [3.63, 3.8) is 0 Å². The van der Waals surface area contributed by atoms with E-state index in [0.29, 0.717) is 12.6 Å². The molecule has 2 rings (SSSR count). The van der Waals surface area contributed by atoms with Crippen LogP contribution in [-0.2, 0) is 11.3 Å². The van der Waals surface area contributed by atoms with E-state index >= 15 is 0 Å². The van der Waals surface area contributed by atoms with Gasteiger partial charge in [0.15, 0.2) is 0 Å². The second-order valence-electron chi connectivity index (χ2n) is 5.32. The van der Waals surface area contributed by atoms with E-state index in [1.54, 1.807) is 6.92 Å². The van der Waals surface area contributed by atoms with Gasteiger partial charge in [-0.25, -0.2) is 0 Å². The molecule has 0 saturated carbocycles. The van der Waals surface area contributed by atoms with Crippen LogP contribution in [0.4, 0.5) is 0 Å². The van der Waals surface area contributed by atoms with Gasteiger partial charge in [-0.2, -0.15) is 0 Å². The summed E-state index contributed by atoms with van der Waals surface area (Å²) in [4.78, 5) is 13.6. The van der Waals surface area contributed by atoms with Crippen LogP contribution in [0.25, 0.3) is 0 Å². The van der Waals surface area contributed by atoms with Crippen LogP contribution in [0.5, 0.6) is 5.75 Å². The van der Waals surface area contributed by atoms with Crippen LogP contribution in [0.1, 0.15) is 25.3 Å². The lowest BCUT2D eigenvalue weighted by Crippen LogP contribution is -2.35. The highest BCUT2D eigenvalue weighted by Gasteiger charge is 2.17. The monoisotopic (exact) mass is 286 g/mol. The van der Waals surface area contributed by atoms with Crippen molar-refractivity contribution in [1.29, 1.82) is 0 Å². The van der Waals surface area contributed by atoms with E-state index in [4.69, 9.17) is 4.74 Å². The number of piperidine rings is 1. The number of hydrogen-bond donors (Lipinski definition) is 1. The maximum absolute atomic E-state index is 11.3. The maximum atomic E-state index is 11.3. The molecule has 112 valence electrons. The third-order valence-electron chi connectivity index (χ3n) is 3.58. The Bertz CT molecular complexity index is 520. The van der Waals surface area contributed by atoms with Crippen molar-refractivity contribution in [2.75, 3.05) is 20.1 Å². The molecule has 0 spiro atoms. The summed E-state index contributed by atoms with van der Waals surface area (Å²) in [5.74, 6) is 5.68. The third-order valence-corrected chi connectivity index (χ3v) is 3.58. The number of hydrogen-bond acceptors (Lipinski definition) is 3. The summed E-state index contributed by atoms with van der Waals surface area (Å²) in [5, 5.41) is 2.75. The fourth-order valence-corrected chi connectivity index (χ4v) is 2.32. The number of benzene rings is 1. The number of carbonyl (C=O) groups excluding carboxylic acids is 1. The SMILES string of the molecule is CC#CC(=O)NCc1ccc(OC2CCN(C)CC2)cc1. The quantitative estimate of drug-likeness (QED) is 0.858. The zero-order valence-electron chi connectivity index (χ0n) is 12.7. The summed E-state index contributed by atoms with van der Waals surface area (Å²) in [7, 11) is 2.14. The Labute approximate surface area is 126 Å². The molecule has 0 radical (unpaired) electrons. The van der Waals surface area contributed by atoms with Gasteiger partial charge in [0.2, 0.25) is 0 Å². The Morgan fingerprint density at radius 1 is 1.33 bits per heavy atom. The minimum atomic E-state index is -0.246. The van der Waals surface area contributed by atoms with Gasteiger partial charge in [0, 0.05) is 19.6 Å². The molecule has 1 aromatic carbocycles. The molecule has 1 N–H and O–H groups in total. The minimum absolute atomic E-state index is 0.246. The van der Waals surface area contributed by atoms with Crippen LogP contribution in [0.15, 0.2) is 24.3 Å². The molecular formula is C17H22N2O2. The summed E-state index contributed by atoms with van der Waals surface area (Å²) in [6.07, 6.45) is 2.46. The van der Waals surface area contributed by atoms with E-state index in [1.165, 1.54) is 0 Å². The number of nitrogens with zero attached hydrogens (tertiary/aromatic N) is 1. The molecular weight excluding hydrogens is 264 g/mol. The Morgan fingerprint density at radius 3 is 2.62 bits per heavy atom. The number of nitrogens with one attached hydrogen (secondary N) is 1. The summed E-state index contributed by atoms with van der Waals surface area (Å²) in [6, 6.07) is 7.88. The third kappa shape index (κ3) is 5.13. The Hall–Kier alpha value is -1.99. The number of carbonyl (C=O) groups is 1. The zero-order valence-corrected chi connectivity index (χ0v) is 12.7. The molecule has 1 aliphatic heterocycles. The first-order valence-corrected chi connectivity index (χ1v) is 7.32. The summed E-state index contributed by atoms with van der Waals surface area (Å²) >= 11 is 0. The number of amides is 1. The predicted octanol–water partition coefficient (Wildman–Crippen LogP) is 1.80.